The Kier molecular flexibility index (Phi) is 3.49. The maximum Gasteiger partial charge on any atom is 0.168 e. The zero-order valence-electron chi connectivity index (χ0n) is 17.1. The van der Waals surface area contributed by atoms with Crippen molar-refractivity contribution in [3.8, 4) is 11.4 Å². The van der Waals surface area contributed by atoms with Gasteiger partial charge in [-0.25, -0.2) is 9.97 Å². The van der Waals surface area contributed by atoms with Crippen LogP contribution in [0.5, 0.6) is 0 Å². The fraction of sp³-hybridized carbons (Fsp3) is 0. The molecule has 0 amide bonds. The first-order valence-corrected chi connectivity index (χ1v) is 10.6. The molecule has 4 heterocycles. The highest BCUT2D eigenvalue weighted by molar-refractivity contribution is 6.11. The lowest BCUT2D eigenvalue weighted by atomic mass is 10.2. The number of hydrogen-bond donors (Lipinski definition) is 0. The number of aromatic nitrogens is 5. The molecule has 150 valence electrons. The van der Waals surface area contributed by atoms with Crippen molar-refractivity contribution in [3.63, 3.8) is 0 Å². The SMILES string of the molecule is c1ccc(-n2c3ccccc3c3nc4c5ncccc5n(-c5ccccc5)c4nc32)cc1. The van der Waals surface area contributed by atoms with E-state index in [-0.39, 0.29) is 0 Å². The molecule has 0 N–H and O–H groups in total. The predicted molar refractivity (Wildman–Crippen MR) is 129 cm³/mol. The molecule has 4 aromatic heterocycles. The van der Waals surface area contributed by atoms with Crippen LogP contribution in [-0.4, -0.2) is 24.1 Å². The Morgan fingerprint density at radius 1 is 0.469 bits per heavy atom. The lowest BCUT2D eigenvalue weighted by Gasteiger charge is -2.08. The van der Waals surface area contributed by atoms with Gasteiger partial charge in [0.05, 0.1) is 11.0 Å². The number of pyridine rings is 1. The number of hydrogen-bond acceptors (Lipinski definition) is 3. The molecule has 0 fully saturated rings. The molecule has 0 spiro atoms. The molecule has 0 saturated carbocycles. The minimum absolute atomic E-state index is 0.803. The van der Waals surface area contributed by atoms with Crippen LogP contribution in [0, 0.1) is 0 Å². The fourth-order valence-corrected chi connectivity index (χ4v) is 4.60. The minimum atomic E-state index is 0.803. The number of benzene rings is 3. The maximum absolute atomic E-state index is 5.23. The van der Waals surface area contributed by atoms with Crippen LogP contribution in [0.25, 0.3) is 55.6 Å². The molecule has 0 aliphatic heterocycles. The van der Waals surface area contributed by atoms with Crippen LogP contribution >= 0.6 is 0 Å². The fourth-order valence-electron chi connectivity index (χ4n) is 4.60. The van der Waals surface area contributed by atoms with E-state index in [1.807, 2.05) is 48.7 Å². The van der Waals surface area contributed by atoms with Gasteiger partial charge < -0.3 is 0 Å². The molecule has 5 nitrogen and oxygen atoms in total. The third-order valence-electron chi connectivity index (χ3n) is 5.96. The molecule has 0 unspecified atom stereocenters. The van der Waals surface area contributed by atoms with E-state index in [4.69, 9.17) is 9.97 Å². The molecule has 7 rings (SSSR count). The lowest BCUT2D eigenvalue weighted by molar-refractivity contribution is 1.10. The highest BCUT2D eigenvalue weighted by atomic mass is 15.1. The van der Waals surface area contributed by atoms with Crippen molar-refractivity contribution in [2.45, 2.75) is 0 Å². The van der Waals surface area contributed by atoms with Crippen molar-refractivity contribution in [1.82, 2.24) is 24.1 Å². The number of rotatable bonds is 2. The van der Waals surface area contributed by atoms with Crippen LogP contribution < -0.4 is 0 Å². The summed E-state index contributed by atoms with van der Waals surface area (Å²) in [6.07, 6.45) is 1.82. The van der Waals surface area contributed by atoms with Gasteiger partial charge in [-0.1, -0.05) is 54.6 Å². The van der Waals surface area contributed by atoms with Crippen molar-refractivity contribution in [3.05, 3.63) is 103 Å². The van der Waals surface area contributed by atoms with E-state index in [1.54, 1.807) is 0 Å². The quantitative estimate of drug-likeness (QED) is 0.347. The van der Waals surface area contributed by atoms with Crippen molar-refractivity contribution < 1.29 is 0 Å². The summed E-state index contributed by atoms with van der Waals surface area (Å²) in [5.74, 6) is 0. The van der Waals surface area contributed by atoms with E-state index in [2.05, 4.69) is 68.7 Å². The van der Waals surface area contributed by atoms with Gasteiger partial charge in [0.2, 0.25) is 0 Å². The summed E-state index contributed by atoms with van der Waals surface area (Å²) in [7, 11) is 0. The van der Waals surface area contributed by atoms with E-state index in [0.717, 1.165) is 55.6 Å². The average molecular weight is 411 g/mol. The van der Waals surface area contributed by atoms with Gasteiger partial charge in [-0.05, 0) is 42.5 Å². The van der Waals surface area contributed by atoms with Crippen LogP contribution in [0.3, 0.4) is 0 Å². The number of nitrogens with zero attached hydrogens (tertiary/aromatic N) is 5. The minimum Gasteiger partial charge on any atom is -0.292 e. The molecule has 0 radical (unpaired) electrons. The second kappa shape index (κ2) is 6.49. The summed E-state index contributed by atoms with van der Waals surface area (Å²) in [6, 6.07) is 33.0. The molecule has 5 heteroatoms. The third-order valence-corrected chi connectivity index (χ3v) is 5.96. The highest BCUT2D eigenvalue weighted by Crippen LogP contribution is 2.34. The summed E-state index contributed by atoms with van der Waals surface area (Å²) in [4.78, 5) is 15.1. The van der Waals surface area contributed by atoms with E-state index in [1.165, 1.54) is 0 Å². The van der Waals surface area contributed by atoms with Crippen LogP contribution in [0.2, 0.25) is 0 Å². The zero-order valence-corrected chi connectivity index (χ0v) is 17.1. The largest absolute Gasteiger partial charge is 0.292 e. The van der Waals surface area contributed by atoms with E-state index >= 15 is 0 Å². The number of para-hydroxylation sites is 3. The first-order chi connectivity index (χ1) is 15.9. The van der Waals surface area contributed by atoms with E-state index in [0.29, 0.717) is 0 Å². The number of fused-ring (bicyclic) bond motifs is 6. The monoisotopic (exact) mass is 411 g/mol. The Hall–Kier alpha value is -4.51. The molecule has 3 aromatic carbocycles. The van der Waals surface area contributed by atoms with E-state index < -0.39 is 0 Å². The average Bonchev–Trinajstić information content (AvgIpc) is 3.36. The van der Waals surface area contributed by atoms with Crippen LogP contribution in [-0.2, 0) is 0 Å². The molecular weight excluding hydrogens is 394 g/mol. The molecule has 0 atom stereocenters. The van der Waals surface area contributed by atoms with Gasteiger partial charge in [-0.15, -0.1) is 0 Å². The van der Waals surface area contributed by atoms with E-state index in [9.17, 15) is 0 Å². The molecule has 32 heavy (non-hydrogen) atoms. The first-order valence-electron chi connectivity index (χ1n) is 10.6. The summed E-state index contributed by atoms with van der Waals surface area (Å²) < 4.78 is 4.34. The van der Waals surface area contributed by atoms with Gasteiger partial charge in [0.25, 0.3) is 0 Å². The standard InChI is InChI=1S/C27H17N5/c1-3-10-18(11-4-1)31-21-15-8-7-14-20(21)23-26(31)30-27-25(29-23)24-22(16-9-17-28-24)32(27)19-12-5-2-6-13-19/h1-17H. The van der Waals surface area contributed by atoms with Crippen LogP contribution in [0.1, 0.15) is 0 Å². The predicted octanol–water partition coefficient (Wildman–Crippen LogP) is 6.07. The van der Waals surface area contributed by atoms with Gasteiger partial charge in [0.15, 0.2) is 11.3 Å². The second-order valence-corrected chi connectivity index (χ2v) is 7.80. The summed E-state index contributed by atoms with van der Waals surface area (Å²) >= 11 is 0. The second-order valence-electron chi connectivity index (χ2n) is 7.80. The van der Waals surface area contributed by atoms with Gasteiger partial charge in [0.1, 0.15) is 16.6 Å². The molecule has 7 aromatic rings. The molecular formula is C27H17N5. The maximum atomic E-state index is 5.23. The van der Waals surface area contributed by atoms with Gasteiger partial charge in [0, 0.05) is 23.0 Å². The van der Waals surface area contributed by atoms with Crippen molar-refractivity contribution in [2.24, 2.45) is 0 Å². The zero-order chi connectivity index (χ0) is 21.1. The smallest absolute Gasteiger partial charge is 0.168 e. The molecule has 0 bridgehead atoms. The Bertz CT molecular complexity index is 1630. The topological polar surface area (TPSA) is 48.5 Å². The summed E-state index contributed by atoms with van der Waals surface area (Å²) in [5, 5.41) is 1.08. The van der Waals surface area contributed by atoms with Crippen LogP contribution in [0.15, 0.2) is 103 Å². The van der Waals surface area contributed by atoms with Gasteiger partial charge in [-0.3, -0.25) is 14.1 Å². The summed E-state index contributed by atoms with van der Waals surface area (Å²) in [6.45, 7) is 0. The van der Waals surface area contributed by atoms with Gasteiger partial charge >= 0.3 is 0 Å². The van der Waals surface area contributed by atoms with Crippen molar-refractivity contribution in [1.29, 1.82) is 0 Å². The first kappa shape index (κ1) is 17.2. The highest BCUT2D eigenvalue weighted by Gasteiger charge is 2.21. The van der Waals surface area contributed by atoms with Crippen molar-refractivity contribution in [2.75, 3.05) is 0 Å². The van der Waals surface area contributed by atoms with Crippen LogP contribution in [0.4, 0.5) is 0 Å². The molecule has 0 aliphatic carbocycles. The summed E-state index contributed by atoms with van der Waals surface area (Å²) in [5.41, 5.74) is 8.38. The molecule has 0 saturated heterocycles. The Balaban J connectivity index is 1.71. The van der Waals surface area contributed by atoms with Gasteiger partial charge in [-0.2, -0.15) is 0 Å². The Morgan fingerprint density at radius 2 is 1.06 bits per heavy atom. The Labute approximate surface area is 183 Å². The lowest BCUT2D eigenvalue weighted by Crippen LogP contribution is -1.99. The normalized spacial score (nSPS) is 11.8. The molecule has 0 aliphatic rings. The third kappa shape index (κ3) is 2.30. The Morgan fingerprint density at radius 3 is 1.81 bits per heavy atom. The van der Waals surface area contributed by atoms with Crippen molar-refractivity contribution >= 4 is 44.3 Å².